The van der Waals surface area contributed by atoms with Gasteiger partial charge in [0.1, 0.15) is 18.2 Å². The lowest BCUT2D eigenvalue weighted by atomic mass is 10.2. The van der Waals surface area contributed by atoms with Crippen molar-refractivity contribution in [2.75, 3.05) is 30.3 Å². The average molecular weight is 408 g/mol. The maximum Gasteiger partial charge on any atom is 0.232 e. The fraction of sp³-hybridized carbons (Fsp3) is 0.350. The second kappa shape index (κ2) is 10.1. The Morgan fingerprint density at radius 2 is 1.75 bits per heavy atom. The molecular formula is C20H25FN2O4S. The van der Waals surface area contributed by atoms with E-state index in [1.807, 2.05) is 19.1 Å². The SMILES string of the molecule is Cc1ccc(N(CCCC(=O)NCCOc2ccc(F)cc2)S(C)(=O)=O)cc1. The zero-order valence-corrected chi connectivity index (χ0v) is 16.8. The number of nitrogens with zero attached hydrogens (tertiary/aromatic N) is 1. The first-order chi connectivity index (χ1) is 13.3. The third-order valence-electron chi connectivity index (χ3n) is 3.99. The largest absolute Gasteiger partial charge is 0.492 e. The number of carbonyl (C=O) groups is 1. The molecule has 8 heteroatoms. The quantitative estimate of drug-likeness (QED) is 0.614. The van der Waals surface area contributed by atoms with E-state index in [0.29, 0.717) is 24.4 Å². The molecule has 0 unspecified atom stereocenters. The van der Waals surface area contributed by atoms with Crippen molar-refractivity contribution in [2.24, 2.45) is 0 Å². The van der Waals surface area contributed by atoms with Gasteiger partial charge in [0.2, 0.25) is 15.9 Å². The lowest BCUT2D eigenvalue weighted by molar-refractivity contribution is -0.121. The monoisotopic (exact) mass is 408 g/mol. The van der Waals surface area contributed by atoms with Crippen LogP contribution < -0.4 is 14.4 Å². The van der Waals surface area contributed by atoms with Crippen LogP contribution in [0, 0.1) is 12.7 Å². The highest BCUT2D eigenvalue weighted by atomic mass is 32.2. The van der Waals surface area contributed by atoms with Gasteiger partial charge in [0.15, 0.2) is 0 Å². The number of amides is 1. The van der Waals surface area contributed by atoms with Gasteiger partial charge >= 0.3 is 0 Å². The zero-order chi connectivity index (χ0) is 20.6. The van der Waals surface area contributed by atoms with Gasteiger partial charge in [0.25, 0.3) is 0 Å². The minimum absolute atomic E-state index is 0.180. The van der Waals surface area contributed by atoms with Crippen molar-refractivity contribution >= 4 is 21.6 Å². The Labute approximate surface area is 165 Å². The van der Waals surface area contributed by atoms with Crippen LogP contribution in [0.5, 0.6) is 5.75 Å². The number of nitrogens with one attached hydrogen (secondary N) is 1. The summed E-state index contributed by atoms with van der Waals surface area (Å²) in [5, 5.41) is 2.72. The Balaban J connectivity index is 1.73. The summed E-state index contributed by atoms with van der Waals surface area (Å²) < 4.78 is 43.6. The molecule has 2 rings (SSSR count). The second-order valence-corrected chi connectivity index (χ2v) is 8.33. The van der Waals surface area contributed by atoms with E-state index < -0.39 is 10.0 Å². The first-order valence-electron chi connectivity index (χ1n) is 8.95. The minimum atomic E-state index is -3.43. The number of ether oxygens (including phenoxy) is 1. The number of halogens is 1. The average Bonchev–Trinajstić information content (AvgIpc) is 2.64. The fourth-order valence-electron chi connectivity index (χ4n) is 2.56. The van der Waals surface area contributed by atoms with Gasteiger partial charge in [-0.25, -0.2) is 12.8 Å². The third-order valence-corrected chi connectivity index (χ3v) is 5.19. The van der Waals surface area contributed by atoms with E-state index in [-0.39, 0.29) is 31.3 Å². The van der Waals surface area contributed by atoms with Gasteiger partial charge in [0, 0.05) is 13.0 Å². The van der Waals surface area contributed by atoms with Gasteiger partial charge in [0.05, 0.1) is 18.5 Å². The molecule has 2 aromatic rings. The summed E-state index contributed by atoms with van der Waals surface area (Å²) in [6, 6.07) is 12.8. The Morgan fingerprint density at radius 1 is 1.11 bits per heavy atom. The van der Waals surface area contributed by atoms with Gasteiger partial charge in [-0.2, -0.15) is 0 Å². The maximum absolute atomic E-state index is 12.8. The molecule has 0 radical (unpaired) electrons. The summed E-state index contributed by atoms with van der Waals surface area (Å²) in [5.41, 5.74) is 1.63. The van der Waals surface area contributed by atoms with Gasteiger partial charge in [-0.05, 0) is 49.7 Å². The predicted octanol–water partition coefficient (Wildman–Crippen LogP) is 2.88. The molecule has 28 heavy (non-hydrogen) atoms. The molecule has 0 aliphatic heterocycles. The summed E-state index contributed by atoms with van der Waals surface area (Å²) in [5.74, 6) is 0.00651. The molecule has 6 nitrogen and oxygen atoms in total. The summed E-state index contributed by atoms with van der Waals surface area (Å²) in [6.45, 7) is 2.72. The summed E-state index contributed by atoms with van der Waals surface area (Å²) >= 11 is 0. The van der Waals surface area contributed by atoms with E-state index >= 15 is 0 Å². The Kier molecular flexibility index (Phi) is 7.80. The molecule has 1 N–H and O–H groups in total. The van der Waals surface area contributed by atoms with Gasteiger partial charge in [-0.3, -0.25) is 9.10 Å². The number of hydrogen-bond acceptors (Lipinski definition) is 4. The molecule has 0 fully saturated rings. The highest BCUT2D eigenvalue weighted by Gasteiger charge is 2.17. The van der Waals surface area contributed by atoms with Crippen LogP contribution in [0.25, 0.3) is 0 Å². The molecule has 0 atom stereocenters. The van der Waals surface area contributed by atoms with E-state index in [1.165, 1.54) is 28.6 Å². The number of sulfonamides is 1. The molecule has 0 aromatic heterocycles. The zero-order valence-electron chi connectivity index (χ0n) is 16.0. The number of carbonyl (C=O) groups excluding carboxylic acids is 1. The van der Waals surface area contributed by atoms with Crippen LogP contribution in [0.3, 0.4) is 0 Å². The van der Waals surface area contributed by atoms with Crippen molar-refractivity contribution in [1.29, 1.82) is 0 Å². The topological polar surface area (TPSA) is 75.7 Å². The molecule has 0 bridgehead atoms. The van der Waals surface area contributed by atoms with E-state index in [2.05, 4.69) is 5.32 Å². The normalized spacial score (nSPS) is 11.1. The number of rotatable bonds is 10. The van der Waals surface area contributed by atoms with Crippen LogP contribution in [-0.4, -0.2) is 40.3 Å². The molecule has 1 amide bonds. The molecule has 0 heterocycles. The van der Waals surface area contributed by atoms with E-state index in [4.69, 9.17) is 4.74 Å². The van der Waals surface area contributed by atoms with Crippen LogP contribution >= 0.6 is 0 Å². The Hall–Kier alpha value is -2.61. The molecule has 152 valence electrons. The summed E-state index contributed by atoms with van der Waals surface area (Å²) in [6.07, 6.45) is 1.75. The van der Waals surface area contributed by atoms with Crippen LogP contribution in [0.1, 0.15) is 18.4 Å². The van der Waals surface area contributed by atoms with Crippen molar-refractivity contribution < 1.29 is 22.3 Å². The van der Waals surface area contributed by atoms with E-state index in [0.717, 1.165) is 11.8 Å². The maximum atomic E-state index is 12.8. The van der Waals surface area contributed by atoms with Crippen LogP contribution in [-0.2, 0) is 14.8 Å². The predicted molar refractivity (Wildman–Crippen MR) is 108 cm³/mol. The first-order valence-corrected chi connectivity index (χ1v) is 10.8. The molecule has 0 saturated carbocycles. The van der Waals surface area contributed by atoms with Crippen LogP contribution in [0.2, 0.25) is 0 Å². The highest BCUT2D eigenvalue weighted by Crippen LogP contribution is 2.18. The van der Waals surface area contributed by atoms with Crippen molar-refractivity contribution in [2.45, 2.75) is 19.8 Å². The number of benzene rings is 2. The Bertz CT molecular complexity index is 868. The molecule has 2 aromatic carbocycles. The lowest BCUT2D eigenvalue weighted by Gasteiger charge is -2.22. The second-order valence-electron chi connectivity index (χ2n) is 6.43. The standard InChI is InChI=1S/C20H25FN2O4S/c1-16-5-9-18(10-6-16)23(28(2,25)26)14-3-4-20(24)22-13-15-27-19-11-7-17(21)8-12-19/h5-12H,3-4,13-15H2,1-2H3,(H,22,24). The summed E-state index contributed by atoms with van der Waals surface area (Å²) in [4.78, 5) is 11.9. The fourth-order valence-corrected chi connectivity index (χ4v) is 3.52. The van der Waals surface area contributed by atoms with Crippen molar-refractivity contribution in [3.63, 3.8) is 0 Å². The molecule has 0 aliphatic carbocycles. The first kappa shape index (κ1) is 21.7. The molecule has 0 saturated heterocycles. The Morgan fingerprint density at radius 3 is 2.36 bits per heavy atom. The molecule has 0 spiro atoms. The highest BCUT2D eigenvalue weighted by molar-refractivity contribution is 7.92. The van der Waals surface area contributed by atoms with Crippen molar-refractivity contribution in [1.82, 2.24) is 5.32 Å². The molecule has 0 aliphatic rings. The number of anilines is 1. The van der Waals surface area contributed by atoms with E-state index in [1.54, 1.807) is 12.1 Å². The van der Waals surface area contributed by atoms with Crippen molar-refractivity contribution in [3.05, 3.63) is 59.9 Å². The lowest BCUT2D eigenvalue weighted by Crippen LogP contribution is -2.32. The number of aryl methyl sites for hydroxylation is 1. The minimum Gasteiger partial charge on any atom is -0.492 e. The van der Waals surface area contributed by atoms with E-state index in [9.17, 15) is 17.6 Å². The van der Waals surface area contributed by atoms with Gasteiger partial charge in [-0.15, -0.1) is 0 Å². The molecular weight excluding hydrogens is 383 g/mol. The van der Waals surface area contributed by atoms with Gasteiger partial charge < -0.3 is 10.1 Å². The third kappa shape index (κ3) is 7.19. The van der Waals surface area contributed by atoms with Crippen LogP contribution in [0.15, 0.2) is 48.5 Å². The van der Waals surface area contributed by atoms with Gasteiger partial charge in [-0.1, -0.05) is 17.7 Å². The smallest absolute Gasteiger partial charge is 0.232 e. The van der Waals surface area contributed by atoms with Crippen molar-refractivity contribution in [3.8, 4) is 5.75 Å². The summed E-state index contributed by atoms with van der Waals surface area (Å²) in [7, 11) is -3.43. The van der Waals surface area contributed by atoms with Crippen LogP contribution in [0.4, 0.5) is 10.1 Å². The number of hydrogen-bond donors (Lipinski definition) is 1.